The summed E-state index contributed by atoms with van der Waals surface area (Å²) in [7, 11) is 0. The monoisotopic (exact) mass is 339 g/mol. The molecule has 0 bridgehead atoms. The van der Waals surface area contributed by atoms with Crippen LogP contribution in [0.15, 0.2) is 22.9 Å². The van der Waals surface area contributed by atoms with Crippen molar-refractivity contribution in [3.63, 3.8) is 0 Å². The van der Waals surface area contributed by atoms with E-state index in [1.807, 2.05) is 12.4 Å². The summed E-state index contributed by atoms with van der Waals surface area (Å²) in [5.74, 6) is 0.723. The molecular weight excluding hydrogens is 314 g/mol. The fourth-order valence-electron chi connectivity index (χ4n) is 2.96. The van der Waals surface area contributed by atoms with Gasteiger partial charge in [-0.3, -0.25) is 9.88 Å². The number of rotatable bonds is 5. The van der Waals surface area contributed by atoms with E-state index in [1.165, 1.54) is 18.4 Å². The maximum absolute atomic E-state index is 4.29. The molecule has 1 aliphatic heterocycles. The van der Waals surface area contributed by atoms with Gasteiger partial charge in [0, 0.05) is 48.6 Å². The molecule has 0 saturated carbocycles. The molecule has 0 amide bonds. The van der Waals surface area contributed by atoms with E-state index in [9.17, 15) is 0 Å². The number of hydrogen-bond acceptors (Lipinski definition) is 3. The van der Waals surface area contributed by atoms with Crippen molar-refractivity contribution < 1.29 is 0 Å². The maximum atomic E-state index is 4.29. The van der Waals surface area contributed by atoms with Crippen LogP contribution < -0.4 is 5.32 Å². The molecule has 4 heteroatoms. The van der Waals surface area contributed by atoms with E-state index in [0.717, 1.165) is 30.0 Å². The molecular formula is C16H26BrN3. The minimum absolute atomic E-state index is 0.621. The van der Waals surface area contributed by atoms with Crippen LogP contribution in [0.25, 0.3) is 0 Å². The van der Waals surface area contributed by atoms with Crippen LogP contribution in [0.3, 0.4) is 0 Å². The van der Waals surface area contributed by atoms with Crippen molar-refractivity contribution in [2.45, 2.75) is 52.2 Å². The fraction of sp³-hybridized carbons (Fsp3) is 0.688. The molecule has 20 heavy (non-hydrogen) atoms. The minimum atomic E-state index is 0.621. The number of aromatic nitrogens is 1. The largest absolute Gasteiger partial charge is 0.311 e. The second-order valence-electron chi connectivity index (χ2n) is 5.91. The predicted octanol–water partition coefficient (Wildman–Crippen LogP) is 3.44. The van der Waals surface area contributed by atoms with E-state index in [1.54, 1.807) is 0 Å². The Labute approximate surface area is 131 Å². The van der Waals surface area contributed by atoms with Crippen molar-refractivity contribution in [2.75, 3.05) is 13.1 Å². The Bertz CT molecular complexity index is 424. The van der Waals surface area contributed by atoms with E-state index < -0.39 is 0 Å². The van der Waals surface area contributed by atoms with Crippen molar-refractivity contribution in [3.05, 3.63) is 28.5 Å². The number of piperazine rings is 1. The Kier molecular flexibility index (Phi) is 6.00. The lowest BCUT2D eigenvalue weighted by Crippen LogP contribution is -2.57. The lowest BCUT2D eigenvalue weighted by Gasteiger charge is -2.43. The number of nitrogens with zero attached hydrogens (tertiary/aromatic N) is 2. The molecule has 1 N–H and O–H groups in total. The first-order valence-corrected chi connectivity index (χ1v) is 8.50. The highest BCUT2D eigenvalue weighted by atomic mass is 79.9. The van der Waals surface area contributed by atoms with E-state index in [-0.39, 0.29) is 0 Å². The fourth-order valence-corrected chi connectivity index (χ4v) is 3.38. The van der Waals surface area contributed by atoms with Crippen LogP contribution in [0.5, 0.6) is 0 Å². The highest BCUT2D eigenvalue weighted by molar-refractivity contribution is 9.10. The summed E-state index contributed by atoms with van der Waals surface area (Å²) in [4.78, 5) is 6.93. The topological polar surface area (TPSA) is 28.2 Å². The van der Waals surface area contributed by atoms with Crippen molar-refractivity contribution in [1.29, 1.82) is 0 Å². The van der Waals surface area contributed by atoms with Crippen LogP contribution in [0.1, 0.15) is 39.2 Å². The van der Waals surface area contributed by atoms with Gasteiger partial charge in [0.2, 0.25) is 0 Å². The molecule has 1 saturated heterocycles. The van der Waals surface area contributed by atoms with Gasteiger partial charge in [-0.25, -0.2) is 0 Å². The molecule has 2 heterocycles. The van der Waals surface area contributed by atoms with Gasteiger partial charge in [-0.1, -0.05) is 27.2 Å². The van der Waals surface area contributed by atoms with Crippen molar-refractivity contribution >= 4 is 15.9 Å². The zero-order valence-corrected chi connectivity index (χ0v) is 14.4. The van der Waals surface area contributed by atoms with Gasteiger partial charge in [-0.2, -0.15) is 0 Å². The first-order chi connectivity index (χ1) is 9.63. The standard InChI is InChI=1S/C16H26BrN3/c1-4-12(3)16-9-19-15(5-2)11-20(16)10-13-6-14(17)8-18-7-13/h6-8,12,15-16,19H,4-5,9-11H2,1-3H3. The van der Waals surface area contributed by atoms with Gasteiger partial charge in [0.1, 0.15) is 0 Å². The quantitative estimate of drug-likeness (QED) is 0.890. The summed E-state index contributed by atoms with van der Waals surface area (Å²) in [5.41, 5.74) is 1.30. The zero-order chi connectivity index (χ0) is 14.5. The third kappa shape index (κ3) is 4.03. The maximum Gasteiger partial charge on any atom is 0.0410 e. The summed E-state index contributed by atoms with van der Waals surface area (Å²) in [5, 5.41) is 3.69. The van der Waals surface area contributed by atoms with Gasteiger partial charge in [-0.15, -0.1) is 0 Å². The van der Waals surface area contributed by atoms with E-state index >= 15 is 0 Å². The van der Waals surface area contributed by atoms with Crippen LogP contribution in [-0.4, -0.2) is 35.1 Å². The molecule has 1 fully saturated rings. The summed E-state index contributed by atoms with van der Waals surface area (Å²) in [6.45, 7) is 10.2. The molecule has 3 unspecified atom stereocenters. The van der Waals surface area contributed by atoms with Crippen molar-refractivity contribution in [2.24, 2.45) is 5.92 Å². The summed E-state index contributed by atoms with van der Waals surface area (Å²) >= 11 is 3.52. The van der Waals surface area contributed by atoms with Crippen molar-refractivity contribution in [1.82, 2.24) is 15.2 Å². The number of pyridine rings is 1. The highest BCUT2D eigenvalue weighted by Gasteiger charge is 2.30. The smallest absolute Gasteiger partial charge is 0.0410 e. The molecule has 2 rings (SSSR count). The van der Waals surface area contributed by atoms with Crippen LogP contribution in [0, 0.1) is 5.92 Å². The van der Waals surface area contributed by atoms with Crippen LogP contribution in [-0.2, 0) is 6.54 Å². The minimum Gasteiger partial charge on any atom is -0.311 e. The number of halogens is 1. The Morgan fingerprint density at radius 1 is 1.45 bits per heavy atom. The molecule has 0 spiro atoms. The van der Waals surface area contributed by atoms with Crippen LogP contribution in [0.4, 0.5) is 0 Å². The lowest BCUT2D eigenvalue weighted by atomic mass is 9.93. The van der Waals surface area contributed by atoms with Gasteiger partial charge in [0.05, 0.1) is 0 Å². The molecule has 0 aromatic carbocycles. The Hall–Kier alpha value is -0.450. The molecule has 0 aliphatic carbocycles. The van der Waals surface area contributed by atoms with Gasteiger partial charge >= 0.3 is 0 Å². The summed E-state index contributed by atoms with van der Waals surface area (Å²) < 4.78 is 1.07. The van der Waals surface area contributed by atoms with Gasteiger partial charge < -0.3 is 5.32 Å². The average molecular weight is 340 g/mol. The molecule has 1 aliphatic rings. The first-order valence-electron chi connectivity index (χ1n) is 7.70. The van der Waals surface area contributed by atoms with Gasteiger partial charge in [0.25, 0.3) is 0 Å². The molecule has 0 radical (unpaired) electrons. The zero-order valence-electron chi connectivity index (χ0n) is 12.8. The second kappa shape index (κ2) is 7.53. The van der Waals surface area contributed by atoms with E-state index in [2.05, 4.69) is 58.0 Å². The van der Waals surface area contributed by atoms with Crippen LogP contribution >= 0.6 is 15.9 Å². The second-order valence-corrected chi connectivity index (χ2v) is 6.82. The van der Waals surface area contributed by atoms with Gasteiger partial charge in [0.15, 0.2) is 0 Å². The van der Waals surface area contributed by atoms with Gasteiger partial charge in [-0.05, 0) is 39.9 Å². The Morgan fingerprint density at radius 2 is 2.25 bits per heavy atom. The third-order valence-corrected chi connectivity index (χ3v) is 4.91. The molecule has 1 aromatic rings. The van der Waals surface area contributed by atoms with E-state index in [4.69, 9.17) is 0 Å². The molecule has 1 aromatic heterocycles. The van der Waals surface area contributed by atoms with E-state index in [0.29, 0.717) is 12.1 Å². The third-order valence-electron chi connectivity index (χ3n) is 4.48. The SMILES string of the molecule is CCC1CN(Cc2cncc(Br)c2)C(C(C)CC)CN1. The van der Waals surface area contributed by atoms with Crippen molar-refractivity contribution in [3.8, 4) is 0 Å². The molecule has 3 atom stereocenters. The lowest BCUT2D eigenvalue weighted by molar-refractivity contribution is 0.0831. The first kappa shape index (κ1) is 15.9. The van der Waals surface area contributed by atoms with Crippen LogP contribution in [0.2, 0.25) is 0 Å². The summed E-state index contributed by atoms with van der Waals surface area (Å²) in [6, 6.07) is 3.43. The average Bonchev–Trinajstić information content (AvgIpc) is 2.46. The highest BCUT2D eigenvalue weighted by Crippen LogP contribution is 2.22. The normalized spacial score (nSPS) is 25.6. The summed E-state index contributed by atoms with van der Waals surface area (Å²) in [6.07, 6.45) is 6.26. The Morgan fingerprint density at radius 3 is 2.90 bits per heavy atom. The predicted molar refractivity (Wildman–Crippen MR) is 87.7 cm³/mol. The number of nitrogens with one attached hydrogen (secondary N) is 1. The molecule has 3 nitrogen and oxygen atoms in total. The number of hydrogen-bond donors (Lipinski definition) is 1. The molecule has 112 valence electrons. The Balaban J connectivity index is 2.10.